The summed E-state index contributed by atoms with van der Waals surface area (Å²) in [4.78, 5) is 25.6. The quantitative estimate of drug-likeness (QED) is 0.502. The van der Waals surface area contributed by atoms with Crippen LogP contribution in [-0.2, 0) is 21.9 Å². The molecule has 0 bridgehead atoms. The number of rotatable bonds is 7. The number of amides is 1. The Balaban J connectivity index is 1.38. The molecule has 1 aromatic carbocycles. The lowest BCUT2D eigenvalue weighted by atomic mass is 10.2. The van der Waals surface area contributed by atoms with Crippen LogP contribution in [-0.4, -0.2) is 97.2 Å². The molecule has 1 saturated heterocycles. The van der Waals surface area contributed by atoms with Crippen molar-refractivity contribution in [3.63, 3.8) is 0 Å². The highest BCUT2D eigenvalue weighted by Gasteiger charge is 2.24. The Hall–Kier alpha value is -3.29. The number of hydrogen-bond donors (Lipinski definition) is 1. The van der Waals surface area contributed by atoms with Gasteiger partial charge in [0.25, 0.3) is 0 Å². The van der Waals surface area contributed by atoms with E-state index in [1.54, 1.807) is 23.3 Å². The van der Waals surface area contributed by atoms with Crippen LogP contribution < -0.4 is 15.0 Å². The van der Waals surface area contributed by atoms with Crippen molar-refractivity contribution < 1.29 is 17.9 Å². The third-order valence-corrected chi connectivity index (χ3v) is 7.59. The van der Waals surface area contributed by atoms with Crippen molar-refractivity contribution in [1.29, 1.82) is 0 Å². The predicted molar refractivity (Wildman–Crippen MR) is 127 cm³/mol. The second-order valence-electron chi connectivity index (χ2n) is 8.17. The average molecular weight is 489 g/mol. The number of nitrogens with zero attached hydrogens (tertiary/aromatic N) is 7. The zero-order valence-corrected chi connectivity index (χ0v) is 20.4. The maximum absolute atomic E-state index is 12.7. The first-order valence-corrected chi connectivity index (χ1v) is 12.1. The van der Waals surface area contributed by atoms with Crippen molar-refractivity contribution >= 4 is 38.5 Å². The number of fused-ring (bicyclic) bond motifs is 1. The van der Waals surface area contributed by atoms with Crippen molar-refractivity contribution in [3.8, 4) is 5.75 Å². The fraction of sp³-hybridized carbons (Fsp3) is 0.429. The maximum Gasteiger partial charge on any atom is 0.246 e. The van der Waals surface area contributed by atoms with Crippen LogP contribution in [0.15, 0.2) is 35.6 Å². The van der Waals surface area contributed by atoms with E-state index in [0.717, 1.165) is 21.2 Å². The molecule has 1 amide bonds. The number of methoxy groups -OCH3 is 1. The van der Waals surface area contributed by atoms with E-state index in [0.29, 0.717) is 31.9 Å². The highest BCUT2D eigenvalue weighted by molar-refractivity contribution is 7.89. The number of benzene rings is 1. The fourth-order valence-electron chi connectivity index (χ4n) is 3.88. The summed E-state index contributed by atoms with van der Waals surface area (Å²) in [6.45, 7) is 2.98. The molecule has 4 rings (SSSR count). The summed E-state index contributed by atoms with van der Waals surface area (Å²) in [5.41, 5.74) is 1.17. The van der Waals surface area contributed by atoms with Gasteiger partial charge in [0.2, 0.25) is 15.9 Å². The zero-order valence-electron chi connectivity index (χ0n) is 19.6. The summed E-state index contributed by atoms with van der Waals surface area (Å²) >= 11 is 0. The summed E-state index contributed by atoms with van der Waals surface area (Å²) in [5.74, 6) is 0.842. The Morgan fingerprint density at radius 3 is 2.59 bits per heavy atom. The maximum atomic E-state index is 12.7. The van der Waals surface area contributed by atoms with Gasteiger partial charge in [-0.1, -0.05) is 0 Å². The van der Waals surface area contributed by atoms with Gasteiger partial charge in [0, 0.05) is 53.0 Å². The minimum atomic E-state index is -3.73. The van der Waals surface area contributed by atoms with E-state index in [4.69, 9.17) is 4.74 Å². The molecule has 13 heteroatoms. The van der Waals surface area contributed by atoms with Crippen LogP contribution in [0.3, 0.4) is 0 Å². The standard InChI is InChI=1S/C21H28N8O4S/c1-26(2)34(31,32)18-11-15(5-6-17(18)33-4)25-19(30)13-28-7-9-29(10-8-28)21-16-12-24-27(3)20(16)22-14-23-21/h5-6,11-12,14H,7-10,13H2,1-4H3,(H,25,30). The molecule has 1 aliphatic rings. The molecule has 3 aromatic rings. The lowest BCUT2D eigenvalue weighted by molar-refractivity contribution is -0.117. The molecule has 1 N–H and O–H groups in total. The lowest BCUT2D eigenvalue weighted by Crippen LogP contribution is -2.49. The Bertz CT molecular complexity index is 1300. The van der Waals surface area contributed by atoms with E-state index in [9.17, 15) is 13.2 Å². The Morgan fingerprint density at radius 1 is 1.18 bits per heavy atom. The van der Waals surface area contributed by atoms with Crippen molar-refractivity contribution in [2.45, 2.75) is 4.90 Å². The summed E-state index contributed by atoms with van der Waals surface area (Å²) < 4.78 is 33.2. The second kappa shape index (κ2) is 9.52. The van der Waals surface area contributed by atoms with Gasteiger partial charge in [0.05, 0.1) is 25.2 Å². The molecule has 0 atom stereocenters. The van der Waals surface area contributed by atoms with Gasteiger partial charge < -0.3 is 15.0 Å². The van der Waals surface area contributed by atoms with Gasteiger partial charge in [0.15, 0.2) is 5.65 Å². The van der Waals surface area contributed by atoms with Crippen LogP contribution >= 0.6 is 0 Å². The van der Waals surface area contributed by atoms with Crippen molar-refractivity contribution in [2.24, 2.45) is 7.05 Å². The highest BCUT2D eigenvalue weighted by atomic mass is 32.2. The van der Waals surface area contributed by atoms with E-state index in [2.05, 4.69) is 30.2 Å². The van der Waals surface area contributed by atoms with Gasteiger partial charge in [-0.15, -0.1) is 0 Å². The number of anilines is 2. The summed E-state index contributed by atoms with van der Waals surface area (Å²) in [6.07, 6.45) is 3.31. The number of carbonyl (C=O) groups excluding carboxylic acids is 1. The van der Waals surface area contributed by atoms with Gasteiger partial charge in [-0.3, -0.25) is 14.4 Å². The molecule has 0 unspecified atom stereocenters. The van der Waals surface area contributed by atoms with Gasteiger partial charge in [0.1, 0.15) is 22.8 Å². The van der Waals surface area contributed by atoms with E-state index in [1.165, 1.54) is 33.3 Å². The van der Waals surface area contributed by atoms with Crippen molar-refractivity contribution in [3.05, 3.63) is 30.7 Å². The smallest absolute Gasteiger partial charge is 0.246 e. The first-order valence-electron chi connectivity index (χ1n) is 10.7. The van der Waals surface area contributed by atoms with E-state index >= 15 is 0 Å². The fourth-order valence-corrected chi connectivity index (χ4v) is 4.95. The molecule has 0 aliphatic carbocycles. The molecule has 34 heavy (non-hydrogen) atoms. The second-order valence-corrected chi connectivity index (χ2v) is 10.3. The van der Waals surface area contributed by atoms with E-state index in [-0.39, 0.29) is 23.1 Å². The third-order valence-electron chi connectivity index (χ3n) is 5.75. The third kappa shape index (κ3) is 4.67. The van der Waals surface area contributed by atoms with Crippen LogP contribution in [0.5, 0.6) is 5.75 Å². The van der Waals surface area contributed by atoms with Crippen molar-refractivity contribution in [2.75, 3.05) is 64.1 Å². The zero-order chi connectivity index (χ0) is 24.5. The summed E-state index contributed by atoms with van der Waals surface area (Å²) in [7, 11) is 2.41. The number of sulfonamides is 1. The number of aromatic nitrogens is 4. The molecule has 2 aromatic heterocycles. The number of ether oxygens (including phenoxy) is 1. The van der Waals surface area contributed by atoms with Crippen LogP contribution in [0.1, 0.15) is 0 Å². The summed E-state index contributed by atoms with van der Waals surface area (Å²) in [5, 5.41) is 7.96. The minimum Gasteiger partial charge on any atom is -0.495 e. The molecule has 0 radical (unpaired) electrons. The average Bonchev–Trinajstić information content (AvgIpc) is 3.20. The predicted octanol–water partition coefficient (Wildman–Crippen LogP) is 0.383. The summed E-state index contributed by atoms with van der Waals surface area (Å²) in [6, 6.07) is 4.57. The Kier molecular flexibility index (Phi) is 6.68. The van der Waals surface area contributed by atoms with E-state index in [1.807, 2.05) is 7.05 Å². The number of carbonyl (C=O) groups is 1. The Morgan fingerprint density at radius 2 is 1.91 bits per heavy atom. The molecule has 3 heterocycles. The van der Waals surface area contributed by atoms with Gasteiger partial charge in [-0.2, -0.15) is 5.10 Å². The number of aryl methyl sites for hydroxylation is 1. The van der Waals surface area contributed by atoms with Crippen LogP contribution in [0, 0.1) is 0 Å². The molecular weight excluding hydrogens is 460 g/mol. The normalized spacial score (nSPS) is 15.1. The van der Waals surface area contributed by atoms with Gasteiger partial charge >= 0.3 is 0 Å². The SMILES string of the molecule is COc1ccc(NC(=O)CN2CCN(c3ncnc4c3cnn4C)CC2)cc1S(=O)(=O)N(C)C. The van der Waals surface area contributed by atoms with Crippen molar-refractivity contribution in [1.82, 2.24) is 29.0 Å². The first-order chi connectivity index (χ1) is 16.2. The molecule has 12 nitrogen and oxygen atoms in total. The molecule has 0 spiro atoms. The molecule has 0 saturated carbocycles. The van der Waals surface area contributed by atoms with Crippen LogP contribution in [0.4, 0.5) is 11.5 Å². The molecule has 182 valence electrons. The lowest BCUT2D eigenvalue weighted by Gasteiger charge is -2.35. The Labute approximate surface area is 198 Å². The van der Waals surface area contributed by atoms with Crippen LogP contribution in [0.25, 0.3) is 11.0 Å². The topological polar surface area (TPSA) is 126 Å². The monoisotopic (exact) mass is 488 g/mol. The molecule has 1 fully saturated rings. The molecule has 1 aliphatic heterocycles. The van der Waals surface area contributed by atoms with Gasteiger partial charge in [-0.25, -0.2) is 22.7 Å². The van der Waals surface area contributed by atoms with Gasteiger partial charge in [-0.05, 0) is 18.2 Å². The minimum absolute atomic E-state index is 0.00187. The first kappa shape index (κ1) is 23.9. The largest absolute Gasteiger partial charge is 0.495 e. The number of piperazine rings is 1. The highest BCUT2D eigenvalue weighted by Crippen LogP contribution is 2.29. The number of nitrogens with one attached hydrogen (secondary N) is 1. The van der Waals surface area contributed by atoms with E-state index < -0.39 is 10.0 Å². The number of hydrogen-bond acceptors (Lipinski definition) is 9. The van der Waals surface area contributed by atoms with Crippen LogP contribution in [0.2, 0.25) is 0 Å². The molecular formula is C21H28N8O4S.